The normalized spacial score (nSPS) is 11.3. The Bertz CT molecular complexity index is 1530. The lowest BCUT2D eigenvalue weighted by Crippen LogP contribution is -2.45. The molecule has 0 aliphatic rings. The Morgan fingerprint density at radius 1 is 0.946 bits per heavy atom. The van der Waals surface area contributed by atoms with E-state index in [4.69, 9.17) is 4.74 Å². The van der Waals surface area contributed by atoms with Gasteiger partial charge in [-0.2, -0.15) is 0 Å². The molecule has 0 spiro atoms. The summed E-state index contributed by atoms with van der Waals surface area (Å²) in [6.07, 6.45) is 5.68. The maximum absolute atomic E-state index is 13.1. The second-order valence-electron chi connectivity index (χ2n) is 9.29. The summed E-state index contributed by atoms with van der Waals surface area (Å²) >= 11 is 0. The molecule has 0 atom stereocenters. The van der Waals surface area contributed by atoms with Crippen LogP contribution < -0.4 is 10.1 Å². The number of hydrogen-bond donors (Lipinski definition) is 2. The van der Waals surface area contributed by atoms with Crippen molar-refractivity contribution in [2.24, 2.45) is 0 Å². The molecule has 0 saturated heterocycles. The lowest BCUT2D eigenvalue weighted by Gasteiger charge is -2.26. The van der Waals surface area contributed by atoms with Crippen LogP contribution in [0, 0.1) is 0 Å². The molecule has 0 fully saturated rings. The van der Waals surface area contributed by atoms with Crippen molar-refractivity contribution in [3.63, 3.8) is 0 Å². The fourth-order valence-corrected chi connectivity index (χ4v) is 4.06. The van der Waals surface area contributed by atoms with Gasteiger partial charge in [0.2, 0.25) is 11.7 Å². The van der Waals surface area contributed by atoms with Crippen LogP contribution in [0.25, 0.3) is 11.0 Å². The number of ether oxygens (including phenoxy) is 1. The highest BCUT2D eigenvalue weighted by Crippen LogP contribution is 2.25. The average Bonchev–Trinajstić information content (AvgIpc) is 3.33. The van der Waals surface area contributed by atoms with E-state index in [1.165, 1.54) is 0 Å². The Balaban J connectivity index is 1.29. The van der Waals surface area contributed by atoms with Crippen LogP contribution in [0.15, 0.2) is 91.4 Å². The van der Waals surface area contributed by atoms with Gasteiger partial charge in [-0.15, -0.1) is 0 Å². The summed E-state index contributed by atoms with van der Waals surface area (Å²) in [6, 6.07) is 21.3. The van der Waals surface area contributed by atoms with Crippen molar-refractivity contribution in [1.82, 2.24) is 25.3 Å². The van der Waals surface area contributed by atoms with E-state index < -0.39 is 5.54 Å². The van der Waals surface area contributed by atoms with Gasteiger partial charge >= 0.3 is 0 Å². The number of aromatic amines is 1. The lowest BCUT2D eigenvalue weighted by atomic mass is 9.95. The lowest BCUT2D eigenvalue weighted by molar-refractivity contribution is 0.0909. The molecule has 0 aliphatic carbocycles. The number of nitrogens with one attached hydrogen (secondary N) is 2. The van der Waals surface area contributed by atoms with Crippen LogP contribution in [0.5, 0.6) is 11.6 Å². The Kier molecular flexibility index (Phi) is 6.47. The first-order chi connectivity index (χ1) is 17.9. The van der Waals surface area contributed by atoms with Crippen molar-refractivity contribution < 1.29 is 14.3 Å². The third-order valence-electron chi connectivity index (χ3n) is 5.77. The van der Waals surface area contributed by atoms with E-state index in [2.05, 4.69) is 25.3 Å². The summed E-state index contributed by atoms with van der Waals surface area (Å²) in [5.41, 5.74) is 2.80. The zero-order valence-electron chi connectivity index (χ0n) is 20.4. The average molecular weight is 492 g/mol. The van der Waals surface area contributed by atoms with Crippen molar-refractivity contribution in [3.8, 4) is 11.6 Å². The van der Waals surface area contributed by atoms with E-state index in [-0.39, 0.29) is 23.4 Å². The first-order valence-corrected chi connectivity index (χ1v) is 11.8. The molecular weight excluding hydrogens is 466 g/mol. The maximum Gasteiger partial charge on any atom is 0.257 e. The first kappa shape index (κ1) is 23.9. The van der Waals surface area contributed by atoms with Gasteiger partial charge < -0.3 is 15.0 Å². The molecule has 0 saturated carbocycles. The predicted molar refractivity (Wildman–Crippen MR) is 140 cm³/mol. The van der Waals surface area contributed by atoms with Gasteiger partial charge in [0.25, 0.3) is 5.91 Å². The molecule has 0 aliphatic heterocycles. The zero-order chi connectivity index (χ0) is 25.8. The van der Waals surface area contributed by atoms with Crippen molar-refractivity contribution in [2.45, 2.75) is 25.8 Å². The second-order valence-corrected chi connectivity index (χ2v) is 9.29. The highest BCUT2D eigenvalue weighted by atomic mass is 16.5. The number of rotatable bonds is 8. The minimum absolute atomic E-state index is 0.175. The molecule has 5 rings (SSSR count). The number of fused-ring (bicyclic) bond motifs is 1. The second kappa shape index (κ2) is 10.0. The van der Waals surface area contributed by atoms with Gasteiger partial charge in [-0.25, -0.2) is 9.97 Å². The number of pyridine rings is 2. The highest BCUT2D eigenvalue weighted by Gasteiger charge is 2.24. The molecule has 0 unspecified atom stereocenters. The van der Waals surface area contributed by atoms with Crippen molar-refractivity contribution in [3.05, 3.63) is 114 Å². The monoisotopic (exact) mass is 491 g/mol. The summed E-state index contributed by atoms with van der Waals surface area (Å²) in [4.78, 5) is 41.9. The van der Waals surface area contributed by atoms with Gasteiger partial charge in [0.05, 0.1) is 11.0 Å². The van der Waals surface area contributed by atoms with Crippen molar-refractivity contribution in [1.29, 1.82) is 0 Å². The number of carbonyl (C=O) groups excluding carboxylic acids is 2. The summed E-state index contributed by atoms with van der Waals surface area (Å²) < 4.78 is 5.94. The molecule has 0 bridgehead atoms. The molecule has 8 heteroatoms. The molecule has 0 radical (unpaired) electrons. The molecule has 2 N–H and O–H groups in total. The fourth-order valence-electron chi connectivity index (χ4n) is 4.06. The molecular formula is C29H25N5O3. The zero-order valence-corrected chi connectivity index (χ0v) is 20.4. The Labute approximate surface area is 213 Å². The summed E-state index contributed by atoms with van der Waals surface area (Å²) in [7, 11) is 0. The van der Waals surface area contributed by atoms with Crippen molar-refractivity contribution in [2.75, 3.05) is 0 Å². The van der Waals surface area contributed by atoms with E-state index >= 15 is 0 Å². The standard InChI is InChI=1S/C29H25N5O3/c1-29(2,17-19-7-5-15-30-18-19)34-27(36)22-8-6-16-31-28(22)37-21-13-11-20(12-14-21)25(35)26-32-23-9-3-4-10-24(23)33-26/h3-16,18H,17H2,1-2H3,(H,32,33)(H,34,36). The van der Waals surface area contributed by atoms with Gasteiger partial charge in [-0.1, -0.05) is 18.2 Å². The van der Waals surface area contributed by atoms with Gasteiger partial charge in [0, 0.05) is 29.7 Å². The largest absolute Gasteiger partial charge is 0.438 e. The Morgan fingerprint density at radius 2 is 1.73 bits per heavy atom. The molecule has 1 amide bonds. The third kappa shape index (κ3) is 5.54. The number of para-hydroxylation sites is 2. The number of aromatic nitrogens is 4. The number of nitrogens with zero attached hydrogens (tertiary/aromatic N) is 3. The van der Waals surface area contributed by atoms with Crippen LogP contribution in [0.4, 0.5) is 0 Å². The summed E-state index contributed by atoms with van der Waals surface area (Å²) in [5, 5.41) is 3.06. The minimum Gasteiger partial charge on any atom is -0.438 e. The van der Waals surface area contributed by atoms with Crippen LogP contribution >= 0.6 is 0 Å². The van der Waals surface area contributed by atoms with E-state index in [1.54, 1.807) is 55.0 Å². The van der Waals surface area contributed by atoms with Crippen LogP contribution in [0.1, 0.15) is 46.0 Å². The minimum atomic E-state index is -0.522. The SMILES string of the molecule is CC(C)(Cc1cccnc1)NC(=O)c1cccnc1Oc1ccc(C(=O)c2nc3ccccc3[nH]2)cc1. The fraction of sp³-hybridized carbons (Fsp3) is 0.138. The van der Waals surface area contributed by atoms with E-state index in [0.29, 0.717) is 23.3 Å². The summed E-state index contributed by atoms with van der Waals surface area (Å²) in [6.45, 7) is 3.90. The molecule has 2 aromatic carbocycles. The summed E-state index contributed by atoms with van der Waals surface area (Å²) in [5.74, 6) is 0.370. The molecule has 8 nitrogen and oxygen atoms in total. The van der Waals surface area contributed by atoms with Crippen LogP contribution in [0.2, 0.25) is 0 Å². The highest BCUT2D eigenvalue weighted by molar-refractivity contribution is 6.08. The smallest absolute Gasteiger partial charge is 0.257 e. The number of imidazole rings is 1. The third-order valence-corrected chi connectivity index (χ3v) is 5.77. The number of ketones is 1. The van der Waals surface area contributed by atoms with Crippen LogP contribution in [-0.2, 0) is 6.42 Å². The number of hydrogen-bond acceptors (Lipinski definition) is 6. The van der Waals surface area contributed by atoms with Crippen LogP contribution in [-0.4, -0.2) is 37.2 Å². The number of amides is 1. The van der Waals surface area contributed by atoms with Crippen LogP contribution in [0.3, 0.4) is 0 Å². The van der Waals surface area contributed by atoms with Gasteiger partial charge in [-0.3, -0.25) is 14.6 Å². The molecule has 37 heavy (non-hydrogen) atoms. The quantitative estimate of drug-likeness (QED) is 0.291. The molecule has 5 aromatic rings. The van der Waals surface area contributed by atoms with E-state index in [9.17, 15) is 9.59 Å². The van der Waals surface area contributed by atoms with E-state index in [1.807, 2.05) is 50.2 Å². The van der Waals surface area contributed by atoms with Crippen molar-refractivity contribution >= 4 is 22.7 Å². The van der Waals surface area contributed by atoms with Gasteiger partial charge in [-0.05, 0) is 80.4 Å². The number of benzene rings is 2. The topological polar surface area (TPSA) is 110 Å². The maximum atomic E-state index is 13.1. The molecule has 3 heterocycles. The van der Waals surface area contributed by atoms with Gasteiger partial charge in [0.1, 0.15) is 11.3 Å². The Hall–Kier alpha value is -4.85. The molecule has 3 aromatic heterocycles. The Morgan fingerprint density at radius 3 is 2.49 bits per heavy atom. The van der Waals surface area contributed by atoms with Gasteiger partial charge in [0.15, 0.2) is 5.82 Å². The number of carbonyl (C=O) groups is 2. The molecule has 184 valence electrons. The predicted octanol–water partition coefficient (Wildman–Crippen LogP) is 5.13. The first-order valence-electron chi connectivity index (χ1n) is 11.8. The number of H-pyrrole nitrogens is 1. The van der Waals surface area contributed by atoms with E-state index in [0.717, 1.165) is 16.6 Å².